The lowest BCUT2D eigenvalue weighted by atomic mass is 10.3. The van der Waals surface area contributed by atoms with Gasteiger partial charge in [-0.1, -0.05) is 17.3 Å². The Bertz CT molecular complexity index is 627. The number of hydrogen-bond donors (Lipinski definition) is 1. The first-order valence-electron chi connectivity index (χ1n) is 7.30. The molecule has 1 fully saturated rings. The Morgan fingerprint density at radius 1 is 1.29 bits per heavy atom. The predicted octanol–water partition coefficient (Wildman–Crippen LogP) is 2.80. The molecule has 1 unspecified atom stereocenters. The van der Waals surface area contributed by atoms with Gasteiger partial charge in [0.2, 0.25) is 11.7 Å². The average Bonchev–Trinajstić information content (AvgIpc) is 3.23. The molecule has 110 valence electrons. The highest BCUT2D eigenvalue weighted by molar-refractivity contribution is 7.99. The second-order valence-electron chi connectivity index (χ2n) is 5.48. The zero-order valence-electron chi connectivity index (χ0n) is 11.6. The van der Waals surface area contributed by atoms with Crippen LogP contribution < -0.4 is 10.1 Å². The van der Waals surface area contributed by atoms with Crippen molar-refractivity contribution >= 4 is 11.8 Å². The smallest absolute Gasteiger partial charge is 0.240 e. The van der Waals surface area contributed by atoms with E-state index in [2.05, 4.69) is 21.5 Å². The van der Waals surface area contributed by atoms with E-state index >= 15 is 0 Å². The van der Waals surface area contributed by atoms with Crippen LogP contribution in [0.15, 0.2) is 33.7 Å². The van der Waals surface area contributed by atoms with Crippen LogP contribution in [0.25, 0.3) is 0 Å². The topological polar surface area (TPSA) is 60.2 Å². The molecule has 1 aliphatic heterocycles. The number of ether oxygens (including phenoxy) is 1. The predicted molar refractivity (Wildman–Crippen MR) is 79.3 cm³/mol. The Balaban J connectivity index is 1.39. The van der Waals surface area contributed by atoms with Gasteiger partial charge in [0.1, 0.15) is 5.75 Å². The average molecular weight is 303 g/mol. The number of aromatic nitrogens is 2. The summed E-state index contributed by atoms with van der Waals surface area (Å²) in [5, 5.41) is 7.41. The van der Waals surface area contributed by atoms with Gasteiger partial charge in [0.15, 0.2) is 6.10 Å². The Kier molecular flexibility index (Phi) is 3.57. The third-order valence-electron chi connectivity index (χ3n) is 3.69. The zero-order valence-corrected chi connectivity index (χ0v) is 12.4. The molecule has 1 N–H and O–H groups in total. The van der Waals surface area contributed by atoms with Crippen LogP contribution in [0.3, 0.4) is 0 Å². The van der Waals surface area contributed by atoms with Crippen molar-refractivity contribution in [3.05, 3.63) is 36.0 Å². The Labute approximate surface area is 127 Å². The van der Waals surface area contributed by atoms with Crippen LogP contribution in [0.4, 0.5) is 0 Å². The fourth-order valence-electron chi connectivity index (χ4n) is 2.32. The van der Waals surface area contributed by atoms with Gasteiger partial charge < -0.3 is 14.6 Å². The number of fused-ring (bicyclic) bond motifs is 1. The number of benzene rings is 1. The van der Waals surface area contributed by atoms with Crippen molar-refractivity contribution < 1.29 is 9.26 Å². The van der Waals surface area contributed by atoms with Crippen molar-refractivity contribution in [1.29, 1.82) is 0 Å². The minimum Gasteiger partial charge on any atom is -0.480 e. The molecular formula is C15H17N3O2S. The highest BCUT2D eigenvalue weighted by Gasteiger charge is 2.26. The molecule has 1 aromatic carbocycles. The summed E-state index contributed by atoms with van der Waals surface area (Å²) < 4.78 is 11.3. The van der Waals surface area contributed by atoms with Gasteiger partial charge in [-0.2, -0.15) is 4.98 Å². The number of nitrogens with zero attached hydrogens (tertiary/aromatic N) is 2. The third-order valence-corrected chi connectivity index (χ3v) is 4.80. The molecule has 6 heteroatoms. The number of nitrogens with one attached hydrogen (secondary N) is 1. The summed E-state index contributed by atoms with van der Waals surface area (Å²) in [5.74, 6) is 3.84. The molecule has 0 saturated heterocycles. The standard InChI is InChI=1S/C15H17N3O2S/c1-2-4-13-11(3-1)19-12(9-21-13)15-17-14(20-18-15)8-16-7-10-5-6-10/h1-4,10,12,16H,5-9H2. The van der Waals surface area contributed by atoms with Gasteiger partial charge in [0, 0.05) is 10.6 Å². The van der Waals surface area contributed by atoms with Crippen LogP contribution in [-0.4, -0.2) is 22.4 Å². The minimum absolute atomic E-state index is 0.133. The molecule has 4 rings (SSSR count). The summed E-state index contributed by atoms with van der Waals surface area (Å²) in [6.45, 7) is 1.68. The molecule has 1 aliphatic carbocycles. The normalized spacial score (nSPS) is 20.9. The highest BCUT2D eigenvalue weighted by atomic mass is 32.2. The van der Waals surface area contributed by atoms with E-state index in [4.69, 9.17) is 9.26 Å². The zero-order chi connectivity index (χ0) is 14.1. The molecule has 0 spiro atoms. The van der Waals surface area contributed by atoms with Gasteiger partial charge in [0.25, 0.3) is 0 Å². The fourth-order valence-corrected chi connectivity index (χ4v) is 3.30. The number of hydrogen-bond acceptors (Lipinski definition) is 6. The van der Waals surface area contributed by atoms with E-state index in [0.29, 0.717) is 18.3 Å². The quantitative estimate of drug-likeness (QED) is 0.916. The fraction of sp³-hybridized carbons (Fsp3) is 0.467. The summed E-state index contributed by atoms with van der Waals surface area (Å²) in [6, 6.07) is 8.05. The van der Waals surface area contributed by atoms with Crippen molar-refractivity contribution in [1.82, 2.24) is 15.5 Å². The maximum Gasteiger partial charge on any atom is 0.240 e. The molecule has 0 bridgehead atoms. The molecular weight excluding hydrogens is 286 g/mol. The van der Waals surface area contributed by atoms with Gasteiger partial charge in [-0.25, -0.2) is 0 Å². The summed E-state index contributed by atoms with van der Waals surface area (Å²) in [5.41, 5.74) is 0. The van der Waals surface area contributed by atoms with E-state index in [-0.39, 0.29) is 6.10 Å². The van der Waals surface area contributed by atoms with Crippen molar-refractivity contribution in [2.75, 3.05) is 12.3 Å². The maximum absolute atomic E-state index is 5.96. The van der Waals surface area contributed by atoms with E-state index in [1.54, 1.807) is 11.8 Å². The summed E-state index contributed by atoms with van der Waals surface area (Å²) in [7, 11) is 0. The summed E-state index contributed by atoms with van der Waals surface area (Å²) in [4.78, 5) is 5.62. The van der Waals surface area contributed by atoms with E-state index in [9.17, 15) is 0 Å². The molecule has 1 atom stereocenters. The van der Waals surface area contributed by atoms with E-state index in [1.165, 1.54) is 17.7 Å². The number of thioether (sulfide) groups is 1. The lowest BCUT2D eigenvalue weighted by Crippen LogP contribution is -2.18. The van der Waals surface area contributed by atoms with Gasteiger partial charge >= 0.3 is 0 Å². The molecule has 5 nitrogen and oxygen atoms in total. The Morgan fingerprint density at radius 3 is 3.10 bits per heavy atom. The van der Waals surface area contributed by atoms with Crippen LogP contribution in [0.2, 0.25) is 0 Å². The molecule has 2 aromatic rings. The first-order chi connectivity index (χ1) is 10.4. The lowest BCUT2D eigenvalue weighted by molar-refractivity contribution is 0.205. The monoisotopic (exact) mass is 303 g/mol. The molecule has 21 heavy (non-hydrogen) atoms. The van der Waals surface area contributed by atoms with Crippen LogP contribution in [0.5, 0.6) is 5.75 Å². The molecule has 1 aromatic heterocycles. The van der Waals surface area contributed by atoms with Gasteiger partial charge in [-0.15, -0.1) is 11.8 Å². The van der Waals surface area contributed by atoms with Crippen LogP contribution in [0, 0.1) is 5.92 Å². The maximum atomic E-state index is 5.96. The highest BCUT2D eigenvalue weighted by Crippen LogP contribution is 2.39. The van der Waals surface area contributed by atoms with Crippen molar-refractivity contribution in [3.63, 3.8) is 0 Å². The third kappa shape index (κ3) is 3.06. The second kappa shape index (κ2) is 5.69. The lowest BCUT2D eigenvalue weighted by Gasteiger charge is -2.22. The van der Waals surface area contributed by atoms with E-state index in [1.807, 2.05) is 18.2 Å². The van der Waals surface area contributed by atoms with E-state index < -0.39 is 0 Å². The van der Waals surface area contributed by atoms with Crippen LogP contribution >= 0.6 is 11.8 Å². The van der Waals surface area contributed by atoms with Crippen molar-refractivity contribution in [2.24, 2.45) is 5.92 Å². The summed E-state index contributed by atoms with van der Waals surface area (Å²) in [6.07, 6.45) is 2.55. The molecule has 1 saturated carbocycles. The molecule has 0 amide bonds. The summed E-state index contributed by atoms with van der Waals surface area (Å²) >= 11 is 1.77. The van der Waals surface area contributed by atoms with Crippen molar-refractivity contribution in [2.45, 2.75) is 30.4 Å². The second-order valence-corrected chi connectivity index (χ2v) is 6.55. The Morgan fingerprint density at radius 2 is 2.19 bits per heavy atom. The van der Waals surface area contributed by atoms with Gasteiger partial charge in [-0.05, 0) is 37.4 Å². The number of para-hydroxylation sites is 1. The van der Waals surface area contributed by atoms with Crippen LogP contribution in [-0.2, 0) is 6.54 Å². The molecule has 2 aliphatic rings. The molecule has 0 radical (unpaired) electrons. The first kappa shape index (κ1) is 13.2. The minimum atomic E-state index is -0.133. The largest absolute Gasteiger partial charge is 0.480 e. The van der Waals surface area contributed by atoms with Crippen LogP contribution in [0.1, 0.15) is 30.7 Å². The van der Waals surface area contributed by atoms with Crippen molar-refractivity contribution in [3.8, 4) is 5.75 Å². The SMILES string of the molecule is c1ccc2c(c1)OC(c1noc(CNCC3CC3)n1)CS2. The van der Waals surface area contributed by atoms with Gasteiger partial charge in [0.05, 0.1) is 6.54 Å². The van der Waals surface area contributed by atoms with E-state index in [0.717, 1.165) is 24.0 Å². The Hall–Kier alpha value is -1.53. The number of rotatable bonds is 5. The molecule has 2 heterocycles. The van der Waals surface area contributed by atoms with Gasteiger partial charge in [-0.3, -0.25) is 0 Å². The first-order valence-corrected chi connectivity index (χ1v) is 8.29.